The minimum Gasteiger partial charge on any atom is -0.491 e. The van der Waals surface area contributed by atoms with E-state index in [0.29, 0.717) is 54.2 Å². The van der Waals surface area contributed by atoms with E-state index in [9.17, 15) is 9.59 Å². The Labute approximate surface area is 230 Å². The number of nitrogens with one attached hydrogen (secondary N) is 2. The Morgan fingerprint density at radius 1 is 1.18 bits per heavy atom. The maximum Gasteiger partial charge on any atom is 0.251 e. The first kappa shape index (κ1) is 25.9. The number of aromatic nitrogens is 2. The average molecular weight is 534 g/mol. The monoisotopic (exact) mass is 533 g/mol. The number of fused-ring (bicyclic) bond motifs is 3. The number of carbonyl (C=O) groups excluding carboxylic acids is 2. The molecule has 0 bridgehead atoms. The van der Waals surface area contributed by atoms with Crippen LogP contribution in [-0.2, 0) is 11.2 Å². The summed E-state index contributed by atoms with van der Waals surface area (Å²) >= 11 is 0. The van der Waals surface area contributed by atoms with Gasteiger partial charge in [0.05, 0.1) is 18.5 Å². The molecule has 39 heavy (non-hydrogen) atoms. The Hall–Kier alpha value is -3.40. The maximum absolute atomic E-state index is 13.3. The second kappa shape index (κ2) is 9.97. The van der Waals surface area contributed by atoms with Crippen LogP contribution in [0.25, 0.3) is 0 Å². The molecule has 6 rings (SSSR count). The maximum atomic E-state index is 13.3. The fourth-order valence-electron chi connectivity index (χ4n) is 7.08. The highest BCUT2D eigenvalue weighted by Crippen LogP contribution is 2.41. The number of hydrogen-bond donors (Lipinski definition) is 2. The summed E-state index contributed by atoms with van der Waals surface area (Å²) in [5.41, 5.74) is 3.04. The molecule has 1 saturated heterocycles. The molecule has 0 spiro atoms. The average Bonchev–Trinajstić information content (AvgIpc) is 3.61. The van der Waals surface area contributed by atoms with Crippen LogP contribution in [0.3, 0.4) is 0 Å². The number of nitrogens with zero attached hydrogens (tertiary/aromatic N) is 5. The van der Waals surface area contributed by atoms with E-state index in [-0.39, 0.29) is 29.9 Å². The van der Waals surface area contributed by atoms with Crippen molar-refractivity contribution < 1.29 is 14.3 Å². The molecule has 1 aliphatic carbocycles. The summed E-state index contributed by atoms with van der Waals surface area (Å²) in [7, 11) is 3.96. The molecule has 4 heterocycles. The summed E-state index contributed by atoms with van der Waals surface area (Å²) in [4.78, 5) is 41.8. The zero-order valence-electron chi connectivity index (χ0n) is 23.5. The van der Waals surface area contributed by atoms with Crippen LogP contribution in [0.15, 0.2) is 18.3 Å². The van der Waals surface area contributed by atoms with Gasteiger partial charge in [0.15, 0.2) is 5.82 Å². The molecule has 0 radical (unpaired) electrons. The Morgan fingerprint density at radius 2 is 1.92 bits per heavy atom. The second-order valence-electron chi connectivity index (χ2n) is 11.8. The first-order valence-corrected chi connectivity index (χ1v) is 14.2. The Kier molecular flexibility index (Phi) is 6.61. The third-order valence-corrected chi connectivity index (χ3v) is 8.87. The number of carbonyl (C=O) groups is 2. The third kappa shape index (κ3) is 4.48. The lowest BCUT2D eigenvalue weighted by Crippen LogP contribution is -2.54. The van der Waals surface area contributed by atoms with Gasteiger partial charge in [-0.1, -0.05) is 6.92 Å². The topological polar surface area (TPSA) is 103 Å². The van der Waals surface area contributed by atoms with Gasteiger partial charge in [0.2, 0.25) is 11.9 Å². The largest absolute Gasteiger partial charge is 0.491 e. The lowest BCUT2D eigenvalue weighted by Gasteiger charge is -2.42. The van der Waals surface area contributed by atoms with Crippen molar-refractivity contribution in [2.45, 2.75) is 64.6 Å². The Balaban J connectivity index is 1.23. The van der Waals surface area contributed by atoms with E-state index >= 15 is 0 Å². The van der Waals surface area contributed by atoms with Crippen LogP contribution in [0.4, 0.5) is 23.1 Å². The molecule has 2 aromatic rings. The molecular formula is C29H39N7O3. The van der Waals surface area contributed by atoms with Crippen molar-refractivity contribution in [1.82, 2.24) is 20.2 Å². The zero-order chi connectivity index (χ0) is 27.4. The number of anilines is 4. The lowest BCUT2D eigenvalue weighted by molar-refractivity contribution is -0.120. The van der Waals surface area contributed by atoms with E-state index in [4.69, 9.17) is 9.72 Å². The van der Waals surface area contributed by atoms with Crippen molar-refractivity contribution in [2.75, 3.05) is 48.9 Å². The standard InChI is InChI=1S/C29H39N7O3/c1-6-23-28(38)35(5)24-13-30-29(33-26(24)36(23)16(2)3)32-22-8-7-21(20-9-10-39-25(20)22)27(37)31-19-11-17-14-34(4)15-18(17)12-19/h7-8,13,16-19,23H,6,9-12,14-15H2,1-5H3,(H,31,37)(H,30,32,33)/t17-,18+,19+,23-/m1/s1. The van der Waals surface area contributed by atoms with Crippen LogP contribution in [-0.4, -0.2) is 78.6 Å². The summed E-state index contributed by atoms with van der Waals surface area (Å²) in [5.74, 6) is 3.26. The predicted octanol–water partition coefficient (Wildman–Crippen LogP) is 3.19. The molecule has 2 amide bonds. The molecular weight excluding hydrogens is 494 g/mol. The van der Waals surface area contributed by atoms with Crippen LogP contribution in [0.1, 0.15) is 56.0 Å². The zero-order valence-corrected chi connectivity index (χ0v) is 23.5. The molecule has 208 valence electrons. The van der Waals surface area contributed by atoms with Crippen molar-refractivity contribution in [3.63, 3.8) is 0 Å². The SMILES string of the molecule is CC[C@@H]1C(=O)N(C)c2cnc(Nc3ccc(C(=O)N[C@H]4C[C@@H]5CN(C)C[C@@H]5C4)c4c3OCC4)nc2N1C(C)C. The van der Waals surface area contributed by atoms with Gasteiger partial charge in [0.25, 0.3) is 5.91 Å². The van der Waals surface area contributed by atoms with Gasteiger partial charge in [-0.15, -0.1) is 0 Å². The van der Waals surface area contributed by atoms with E-state index in [1.807, 2.05) is 19.1 Å². The minimum absolute atomic E-state index is 0.0162. The highest BCUT2D eigenvalue weighted by Gasteiger charge is 2.41. The fourth-order valence-corrected chi connectivity index (χ4v) is 7.08. The first-order chi connectivity index (χ1) is 18.7. The van der Waals surface area contributed by atoms with E-state index in [1.165, 1.54) is 0 Å². The number of hydrogen-bond acceptors (Lipinski definition) is 8. The van der Waals surface area contributed by atoms with E-state index < -0.39 is 0 Å². The number of amides is 2. The van der Waals surface area contributed by atoms with Crippen molar-refractivity contribution in [3.05, 3.63) is 29.5 Å². The Bertz CT molecular complexity index is 1280. The van der Waals surface area contributed by atoms with Crippen molar-refractivity contribution in [2.24, 2.45) is 11.8 Å². The highest BCUT2D eigenvalue weighted by molar-refractivity contribution is 6.04. The molecule has 0 unspecified atom stereocenters. The molecule has 3 aliphatic heterocycles. The molecule has 1 saturated carbocycles. The van der Waals surface area contributed by atoms with Crippen LogP contribution < -0.4 is 25.2 Å². The van der Waals surface area contributed by atoms with Crippen molar-refractivity contribution in [1.29, 1.82) is 0 Å². The summed E-state index contributed by atoms with van der Waals surface area (Å²) in [6.45, 7) is 8.96. The number of ether oxygens (including phenoxy) is 1. The first-order valence-electron chi connectivity index (χ1n) is 14.2. The number of likely N-dealkylation sites (N-methyl/N-ethyl adjacent to an activating group) is 1. The number of benzene rings is 1. The quantitative estimate of drug-likeness (QED) is 0.584. The van der Waals surface area contributed by atoms with Gasteiger partial charge in [-0.2, -0.15) is 4.98 Å². The van der Waals surface area contributed by atoms with Gasteiger partial charge in [-0.3, -0.25) is 9.59 Å². The van der Waals surface area contributed by atoms with Gasteiger partial charge in [0.1, 0.15) is 17.5 Å². The molecule has 2 N–H and O–H groups in total. The molecule has 1 aromatic heterocycles. The number of likely N-dealkylation sites (tertiary alicyclic amines) is 1. The number of rotatable bonds is 6. The normalized spacial score (nSPS) is 25.9. The molecule has 2 fully saturated rings. The molecule has 1 aromatic carbocycles. The van der Waals surface area contributed by atoms with E-state index in [2.05, 4.69) is 46.3 Å². The summed E-state index contributed by atoms with van der Waals surface area (Å²) in [6, 6.07) is 3.83. The molecule has 4 aliphatic rings. The highest BCUT2D eigenvalue weighted by atomic mass is 16.5. The van der Waals surface area contributed by atoms with Crippen molar-refractivity contribution >= 4 is 35.0 Å². The fraction of sp³-hybridized carbons (Fsp3) is 0.586. The third-order valence-electron chi connectivity index (χ3n) is 8.87. The summed E-state index contributed by atoms with van der Waals surface area (Å²) in [5, 5.41) is 6.64. The molecule has 10 nitrogen and oxygen atoms in total. The van der Waals surface area contributed by atoms with Gasteiger partial charge in [-0.05, 0) is 64.1 Å². The van der Waals surface area contributed by atoms with Crippen molar-refractivity contribution in [3.8, 4) is 5.75 Å². The summed E-state index contributed by atoms with van der Waals surface area (Å²) in [6.07, 6.45) is 5.19. The lowest BCUT2D eigenvalue weighted by atomic mass is 10.0. The minimum atomic E-state index is -0.268. The summed E-state index contributed by atoms with van der Waals surface area (Å²) < 4.78 is 6.01. The Morgan fingerprint density at radius 3 is 2.62 bits per heavy atom. The smallest absolute Gasteiger partial charge is 0.251 e. The van der Waals surface area contributed by atoms with Crippen LogP contribution in [0.2, 0.25) is 0 Å². The van der Waals surface area contributed by atoms with Gasteiger partial charge in [0, 0.05) is 49.8 Å². The van der Waals surface area contributed by atoms with Gasteiger partial charge >= 0.3 is 0 Å². The van der Waals surface area contributed by atoms with Crippen LogP contribution in [0.5, 0.6) is 5.75 Å². The van der Waals surface area contributed by atoms with Crippen LogP contribution >= 0.6 is 0 Å². The van der Waals surface area contributed by atoms with Crippen LogP contribution in [0, 0.1) is 11.8 Å². The predicted molar refractivity (Wildman–Crippen MR) is 151 cm³/mol. The van der Waals surface area contributed by atoms with E-state index in [1.54, 1.807) is 18.1 Å². The second-order valence-corrected chi connectivity index (χ2v) is 11.8. The van der Waals surface area contributed by atoms with Gasteiger partial charge < -0.3 is 30.1 Å². The molecule has 4 atom stereocenters. The molecule has 10 heteroatoms. The van der Waals surface area contributed by atoms with E-state index in [0.717, 1.165) is 43.0 Å². The van der Waals surface area contributed by atoms with Gasteiger partial charge in [-0.25, -0.2) is 4.98 Å².